The highest BCUT2D eigenvalue weighted by atomic mass is 16.4. The molecule has 0 bridgehead atoms. The van der Waals surface area contributed by atoms with E-state index in [2.05, 4.69) is 18.7 Å². The fourth-order valence-corrected chi connectivity index (χ4v) is 3.11. The zero-order valence-electron chi connectivity index (χ0n) is 12.5. The fourth-order valence-electron chi connectivity index (χ4n) is 3.11. The smallest absolute Gasteiger partial charge is 0.336 e. The van der Waals surface area contributed by atoms with E-state index in [1.54, 1.807) is 12.1 Å². The molecular formula is C17H25NO2. The molecule has 0 amide bonds. The average Bonchev–Trinajstić information content (AvgIpc) is 2.65. The second-order valence-electron chi connectivity index (χ2n) is 6.17. The Morgan fingerprint density at radius 1 is 1.30 bits per heavy atom. The van der Waals surface area contributed by atoms with Crippen molar-refractivity contribution in [1.29, 1.82) is 0 Å². The molecule has 3 nitrogen and oxygen atoms in total. The Morgan fingerprint density at radius 2 is 2.05 bits per heavy atom. The van der Waals surface area contributed by atoms with Crippen molar-refractivity contribution < 1.29 is 9.90 Å². The third-order valence-electron chi connectivity index (χ3n) is 4.45. The van der Waals surface area contributed by atoms with Crippen LogP contribution in [0.25, 0.3) is 0 Å². The summed E-state index contributed by atoms with van der Waals surface area (Å²) >= 11 is 0. The molecule has 0 aromatic heterocycles. The predicted molar refractivity (Wildman–Crippen MR) is 80.9 cm³/mol. The van der Waals surface area contributed by atoms with Gasteiger partial charge in [0.2, 0.25) is 0 Å². The van der Waals surface area contributed by atoms with Gasteiger partial charge in [0.05, 0.1) is 5.56 Å². The van der Waals surface area contributed by atoms with Crippen LogP contribution in [-0.4, -0.2) is 29.1 Å². The highest BCUT2D eigenvalue weighted by Crippen LogP contribution is 2.25. The van der Waals surface area contributed by atoms with Gasteiger partial charge in [-0.1, -0.05) is 32.0 Å². The molecule has 1 aromatic rings. The summed E-state index contributed by atoms with van der Waals surface area (Å²) in [5.41, 5.74) is 1.38. The SMILES string of the molecule is CC(C)C1CCCN(Cc2ccccc2C(=O)O)CC1. The molecule has 1 unspecified atom stereocenters. The largest absolute Gasteiger partial charge is 0.478 e. The van der Waals surface area contributed by atoms with Crippen molar-refractivity contribution in [2.75, 3.05) is 13.1 Å². The first-order valence-corrected chi connectivity index (χ1v) is 7.61. The first-order valence-electron chi connectivity index (χ1n) is 7.61. The molecule has 1 aliphatic heterocycles. The lowest BCUT2D eigenvalue weighted by atomic mass is 9.89. The minimum absolute atomic E-state index is 0.442. The molecule has 1 N–H and O–H groups in total. The van der Waals surface area contributed by atoms with Crippen LogP contribution >= 0.6 is 0 Å². The number of rotatable bonds is 4. The molecule has 1 aromatic carbocycles. The van der Waals surface area contributed by atoms with Crippen molar-refractivity contribution in [2.24, 2.45) is 11.8 Å². The van der Waals surface area contributed by atoms with Crippen molar-refractivity contribution in [3.8, 4) is 0 Å². The van der Waals surface area contributed by atoms with Crippen LogP contribution in [0.5, 0.6) is 0 Å². The number of hydrogen-bond acceptors (Lipinski definition) is 2. The lowest BCUT2D eigenvalue weighted by Gasteiger charge is -2.22. The number of carbonyl (C=O) groups is 1. The van der Waals surface area contributed by atoms with Gasteiger partial charge in [-0.05, 0) is 55.8 Å². The first kappa shape index (κ1) is 15.0. The summed E-state index contributed by atoms with van der Waals surface area (Å²) < 4.78 is 0. The van der Waals surface area contributed by atoms with Crippen molar-refractivity contribution >= 4 is 5.97 Å². The number of carboxylic acid groups (broad SMARTS) is 1. The molecule has 1 atom stereocenters. The molecule has 0 saturated carbocycles. The van der Waals surface area contributed by atoms with E-state index in [-0.39, 0.29) is 0 Å². The van der Waals surface area contributed by atoms with Crippen LogP contribution in [0.2, 0.25) is 0 Å². The van der Waals surface area contributed by atoms with Crippen LogP contribution in [0.3, 0.4) is 0 Å². The van der Waals surface area contributed by atoms with Gasteiger partial charge < -0.3 is 5.11 Å². The van der Waals surface area contributed by atoms with E-state index in [4.69, 9.17) is 0 Å². The maximum Gasteiger partial charge on any atom is 0.336 e. The molecule has 3 heteroatoms. The van der Waals surface area contributed by atoms with E-state index in [0.717, 1.165) is 37.0 Å². The summed E-state index contributed by atoms with van der Waals surface area (Å²) in [6.07, 6.45) is 3.75. The van der Waals surface area contributed by atoms with Crippen molar-refractivity contribution in [3.05, 3.63) is 35.4 Å². The van der Waals surface area contributed by atoms with Crippen LogP contribution in [0, 0.1) is 11.8 Å². The highest BCUT2D eigenvalue weighted by molar-refractivity contribution is 5.89. The second-order valence-corrected chi connectivity index (χ2v) is 6.17. The summed E-state index contributed by atoms with van der Waals surface area (Å²) in [7, 11) is 0. The quantitative estimate of drug-likeness (QED) is 0.912. The Labute approximate surface area is 121 Å². The summed E-state index contributed by atoms with van der Waals surface area (Å²) in [4.78, 5) is 13.7. The van der Waals surface area contributed by atoms with Gasteiger partial charge in [-0.15, -0.1) is 0 Å². The second kappa shape index (κ2) is 6.89. The molecule has 2 rings (SSSR count). The van der Waals surface area contributed by atoms with E-state index in [9.17, 15) is 9.90 Å². The molecule has 1 aliphatic rings. The molecule has 20 heavy (non-hydrogen) atoms. The predicted octanol–water partition coefficient (Wildman–Crippen LogP) is 3.64. The van der Waals surface area contributed by atoms with Gasteiger partial charge in [0.25, 0.3) is 0 Å². The topological polar surface area (TPSA) is 40.5 Å². The van der Waals surface area contributed by atoms with Crippen LogP contribution in [0.4, 0.5) is 0 Å². The number of carboxylic acids is 1. The molecule has 1 fully saturated rings. The average molecular weight is 275 g/mol. The third kappa shape index (κ3) is 3.83. The summed E-state index contributed by atoms with van der Waals surface area (Å²) in [5.74, 6) is 0.742. The van der Waals surface area contributed by atoms with Crippen molar-refractivity contribution in [2.45, 2.75) is 39.7 Å². The van der Waals surface area contributed by atoms with E-state index in [1.165, 1.54) is 19.3 Å². The first-order chi connectivity index (χ1) is 9.58. The third-order valence-corrected chi connectivity index (χ3v) is 4.45. The van der Waals surface area contributed by atoms with Crippen molar-refractivity contribution in [1.82, 2.24) is 4.90 Å². The Morgan fingerprint density at radius 3 is 2.75 bits per heavy atom. The molecule has 1 heterocycles. The van der Waals surface area contributed by atoms with Gasteiger partial charge in [0.1, 0.15) is 0 Å². The zero-order chi connectivity index (χ0) is 14.5. The number of likely N-dealkylation sites (tertiary alicyclic amines) is 1. The van der Waals surface area contributed by atoms with E-state index in [0.29, 0.717) is 5.56 Å². The molecule has 0 spiro atoms. The Kier molecular flexibility index (Phi) is 5.18. The summed E-state index contributed by atoms with van der Waals surface area (Å²) in [6.45, 7) is 7.53. The summed E-state index contributed by atoms with van der Waals surface area (Å²) in [5, 5.41) is 9.25. The van der Waals surface area contributed by atoms with Crippen LogP contribution in [0.15, 0.2) is 24.3 Å². The molecule has 0 aliphatic carbocycles. The number of aromatic carboxylic acids is 1. The number of nitrogens with zero attached hydrogens (tertiary/aromatic N) is 1. The number of benzene rings is 1. The Hall–Kier alpha value is -1.35. The van der Waals surface area contributed by atoms with E-state index in [1.807, 2.05) is 12.1 Å². The van der Waals surface area contributed by atoms with Crippen LogP contribution < -0.4 is 0 Å². The van der Waals surface area contributed by atoms with Gasteiger partial charge >= 0.3 is 5.97 Å². The van der Waals surface area contributed by atoms with Gasteiger partial charge in [-0.2, -0.15) is 0 Å². The van der Waals surface area contributed by atoms with Crippen LogP contribution in [0.1, 0.15) is 49.0 Å². The lowest BCUT2D eigenvalue weighted by molar-refractivity contribution is 0.0694. The minimum atomic E-state index is -0.824. The normalized spacial score (nSPS) is 20.9. The monoisotopic (exact) mass is 275 g/mol. The highest BCUT2D eigenvalue weighted by Gasteiger charge is 2.20. The van der Waals surface area contributed by atoms with Gasteiger partial charge in [-0.3, -0.25) is 4.90 Å². The molecule has 1 saturated heterocycles. The van der Waals surface area contributed by atoms with Crippen molar-refractivity contribution in [3.63, 3.8) is 0 Å². The minimum Gasteiger partial charge on any atom is -0.478 e. The van der Waals surface area contributed by atoms with Gasteiger partial charge in [-0.25, -0.2) is 4.79 Å². The fraction of sp³-hybridized carbons (Fsp3) is 0.588. The number of hydrogen-bond donors (Lipinski definition) is 1. The van der Waals surface area contributed by atoms with Gasteiger partial charge in [0, 0.05) is 6.54 Å². The maximum absolute atomic E-state index is 11.3. The Balaban J connectivity index is 2.02. The Bertz CT molecular complexity index is 456. The zero-order valence-corrected chi connectivity index (χ0v) is 12.5. The van der Waals surface area contributed by atoms with Crippen LogP contribution in [-0.2, 0) is 6.54 Å². The summed E-state index contributed by atoms with van der Waals surface area (Å²) in [6, 6.07) is 7.36. The van der Waals surface area contributed by atoms with E-state index >= 15 is 0 Å². The molecule has 110 valence electrons. The molecular weight excluding hydrogens is 250 g/mol. The molecule has 0 radical (unpaired) electrons. The van der Waals surface area contributed by atoms with Gasteiger partial charge in [0.15, 0.2) is 0 Å². The van der Waals surface area contributed by atoms with E-state index < -0.39 is 5.97 Å². The standard InChI is InChI=1S/C17H25NO2/c1-13(2)14-7-5-10-18(11-9-14)12-15-6-3-4-8-16(15)17(19)20/h3-4,6,8,13-14H,5,7,9-12H2,1-2H3,(H,19,20). The maximum atomic E-state index is 11.3. The lowest BCUT2D eigenvalue weighted by Crippen LogP contribution is -2.25.